The molecule has 1 rings (SSSR count). The lowest BCUT2D eigenvalue weighted by molar-refractivity contribution is 0.0728. The number of nitrogen functional groups attached to an aromatic ring is 1. The van der Waals surface area contributed by atoms with E-state index in [4.69, 9.17) is 5.73 Å². The van der Waals surface area contributed by atoms with E-state index in [1.807, 2.05) is 25.8 Å². The zero-order valence-corrected chi connectivity index (χ0v) is 10.1. The number of phenols is 1. The zero-order chi connectivity index (χ0) is 12.3. The van der Waals surface area contributed by atoms with Crippen molar-refractivity contribution in [2.75, 3.05) is 19.4 Å². The molecule has 4 nitrogen and oxygen atoms in total. The lowest BCUT2D eigenvalue weighted by Crippen LogP contribution is -2.43. The lowest BCUT2D eigenvalue weighted by Gasteiger charge is -2.34. The van der Waals surface area contributed by atoms with Gasteiger partial charge >= 0.3 is 0 Å². The van der Waals surface area contributed by atoms with E-state index < -0.39 is 0 Å². The van der Waals surface area contributed by atoms with Gasteiger partial charge in [0.15, 0.2) is 0 Å². The monoisotopic (exact) mass is 224 g/mol. The second kappa shape index (κ2) is 4.72. The Balaban J connectivity index is 2.84. The fourth-order valence-electron chi connectivity index (χ4n) is 1.32. The summed E-state index contributed by atoms with van der Waals surface area (Å²) in [6.45, 7) is 4.49. The number of rotatable bonds is 4. The Morgan fingerprint density at radius 2 is 2.00 bits per heavy atom. The maximum Gasteiger partial charge on any atom is 0.120 e. The molecule has 0 atom stereocenters. The molecule has 4 N–H and O–H groups in total. The predicted molar refractivity (Wildman–Crippen MR) is 65.2 cm³/mol. The maximum atomic E-state index is 9.68. The molecular formula is C12H20N2O2. The van der Waals surface area contributed by atoms with Crippen molar-refractivity contribution in [2.24, 2.45) is 0 Å². The Hall–Kier alpha value is -1.26. The van der Waals surface area contributed by atoms with Gasteiger partial charge in [0, 0.05) is 23.3 Å². The van der Waals surface area contributed by atoms with Crippen LogP contribution >= 0.6 is 0 Å². The summed E-state index contributed by atoms with van der Waals surface area (Å²) in [6, 6.07) is 5.00. The van der Waals surface area contributed by atoms with Crippen molar-refractivity contribution in [2.45, 2.75) is 25.9 Å². The third-order valence-corrected chi connectivity index (χ3v) is 2.93. The van der Waals surface area contributed by atoms with E-state index >= 15 is 0 Å². The van der Waals surface area contributed by atoms with Crippen LogP contribution in [0.5, 0.6) is 5.75 Å². The Labute approximate surface area is 96.3 Å². The van der Waals surface area contributed by atoms with Crippen LogP contribution in [0.1, 0.15) is 19.4 Å². The number of aliphatic hydroxyl groups is 1. The van der Waals surface area contributed by atoms with E-state index in [1.54, 1.807) is 18.2 Å². The van der Waals surface area contributed by atoms with Crippen LogP contribution in [0.4, 0.5) is 5.69 Å². The van der Waals surface area contributed by atoms with E-state index in [0.29, 0.717) is 12.2 Å². The largest absolute Gasteiger partial charge is 0.508 e. The Morgan fingerprint density at radius 1 is 1.38 bits per heavy atom. The van der Waals surface area contributed by atoms with Crippen molar-refractivity contribution >= 4 is 5.69 Å². The van der Waals surface area contributed by atoms with Gasteiger partial charge in [0.25, 0.3) is 0 Å². The van der Waals surface area contributed by atoms with Gasteiger partial charge in [-0.1, -0.05) is 0 Å². The summed E-state index contributed by atoms with van der Waals surface area (Å²) in [6.07, 6.45) is 0. The molecule has 0 aliphatic rings. The van der Waals surface area contributed by atoms with Crippen LogP contribution in [-0.4, -0.2) is 34.3 Å². The van der Waals surface area contributed by atoms with Gasteiger partial charge in [-0.25, -0.2) is 0 Å². The number of hydrogen-bond donors (Lipinski definition) is 3. The average Bonchev–Trinajstić information content (AvgIpc) is 2.23. The molecular weight excluding hydrogens is 204 g/mol. The summed E-state index contributed by atoms with van der Waals surface area (Å²) in [5.41, 5.74) is 6.74. The highest BCUT2D eigenvalue weighted by Crippen LogP contribution is 2.23. The number of nitrogens with two attached hydrogens (primary N) is 1. The molecule has 0 aliphatic carbocycles. The van der Waals surface area contributed by atoms with Crippen LogP contribution in [0, 0.1) is 0 Å². The van der Waals surface area contributed by atoms with E-state index in [0.717, 1.165) is 5.56 Å². The average molecular weight is 224 g/mol. The normalized spacial score (nSPS) is 12.1. The molecule has 90 valence electrons. The van der Waals surface area contributed by atoms with E-state index in [1.165, 1.54) is 0 Å². The topological polar surface area (TPSA) is 69.7 Å². The van der Waals surface area contributed by atoms with Gasteiger partial charge in [0.1, 0.15) is 5.75 Å². The molecule has 0 unspecified atom stereocenters. The number of anilines is 1. The summed E-state index contributed by atoms with van der Waals surface area (Å²) < 4.78 is 0. The zero-order valence-electron chi connectivity index (χ0n) is 10.1. The standard InChI is InChI=1S/C12H20N2O2/c1-12(2,8-15)14(3)7-9-6-10(13)4-5-11(9)16/h4-6,15-16H,7-8,13H2,1-3H3. The molecule has 0 saturated carbocycles. The SMILES string of the molecule is CN(Cc1cc(N)ccc1O)C(C)(C)CO. The van der Waals surface area contributed by atoms with Gasteiger partial charge in [0.2, 0.25) is 0 Å². The molecule has 0 heterocycles. The van der Waals surface area contributed by atoms with Crippen molar-refractivity contribution in [1.82, 2.24) is 4.90 Å². The van der Waals surface area contributed by atoms with Crippen LogP contribution in [0.25, 0.3) is 0 Å². The fraction of sp³-hybridized carbons (Fsp3) is 0.500. The van der Waals surface area contributed by atoms with Gasteiger partial charge < -0.3 is 15.9 Å². The molecule has 0 aromatic heterocycles. The highest BCUT2D eigenvalue weighted by atomic mass is 16.3. The van der Waals surface area contributed by atoms with Gasteiger partial charge in [-0.3, -0.25) is 4.90 Å². The number of aromatic hydroxyl groups is 1. The second-order valence-corrected chi connectivity index (χ2v) is 4.71. The minimum Gasteiger partial charge on any atom is -0.508 e. The molecule has 4 heteroatoms. The molecule has 1 aromatic rings. The van der Waals surface area contributed by atoms with Gasteiger partial charge in [-0.15, -0.1) is 0 Å². The Bertz CT molecular complexity index is 364. The number of phenolic OH excluding ortho intramolecular Hbond substituents is 1. The first kappa shape index (κ1) is 12.8. The van der Waals surface area contributed by atoms with E-state index in [2.05, 4.69) is 0 Å². The summed E-state index contributed by atoms with van der Waals surface area (Å²) in [5, 5.41) is 18.9. The highest BCUT2D eigenvalue weighted by Gasteiger charge is 2.23. The molecule has 0 fully saturated rings. The molecule has 0 amide bonds. The molecule has 0 radical (unpaired) electrons. The highest BCUT2D eigenvalue weighted by molar-refractivity contribution is 5.47. The van der Waals surface area contributed by atoms with E-state index in [-0.39, 0.29) is 17.9 Å². The number of likely N-dealkylation sites (N-methyl/N-ethyl adjacent to an activating group) is 1. The minimum atomic E-state index is -0.322. The smallest absolute Gasteiger partial charge is 0.120 e. The Morgan fingerprint density at radius 3 is 2.56 bits per heavy atom. The first-order chi connectivity index (χ1) is 7.36. The first-order valence-corrected chi connectivity index (χ1v) is 5.26. The van der Waals surface area contributed by atoms with Crippen LogP contribution in [-0.2, 0) is 6.54 Å². The van der Waals surface area contributed by atoms with Gasteiger partial charge in [0.05, 0.1) is 6.61 Å². The number of aliphatic hydroxyl groups excluding tert-OH is 1. The summed E-state index contributed by atoms with van der Waals surface area (Å²) in [5.74, 6) is 0.231. The summed E-state index contributed by atoms with van der Waals surface area (Å²) in [4.78, 5) is 1.97. The van der Waals surface area contributed by atoms with Gasteiger partial charge in [-0.2, -0.15) is 0 Å². The predicted octanol–water partition coefficient (Wildman–Crippen LogP) is 1.18. The molecule has 1 aromatic carbocycles. The fourth-order valence-corrected chi connectivity index (χ4v) is 1.32. The quantitative estimate of drug-likeness (QED) is 0.530. The van der Waals surface area contributed by atoms with Crippen molar-refractivity contribution in [3.8, 4) is 5.75 Å². The molecule has 0 spiro atoms. The molecule has 0 bridgehead atoms. The van der Waals surface area contributed by atoms with Crippen LogP contribution < -0.4 is 5.73 Å². The molecule has 0 saturated heterocycles. The first-order valence-electron chi connectivity index (χ1n) is 5.26. The van der Waals surface area contributed by atoms with E-state index in [9.17, 15) is 10.2 Å². The third-order valence-electron chi connectivity index (χ3n) is 2.93. The van der Waals surface area contributed by atoms with Crippen LogP contribution in [0.2, 0.25) is 0 Å². The maximum absolute atomic E-state index is 9.68. The second-order valence-electron chi connectivity index (χ2n) is 4.71. The Kier molecular flexibility index (Phi) is 3.78. The summed E-state index contributed by atoms with van der Waals surface area (Å²) >= 11 is 0. The minimum absolute atomic E-state index is 0.0621. The van der Waals surface area contributed by atoms with Crippen molar-refractivity contribution in [1.29, 1.82) is 0 Å². The number of nitrogens with zero attached hydrogens (tertiary/aromatic N) is 1. The van der Waals surface area contributed by atoms with Crippen molar-refractivity contribution in [3.63, 3.8) is 0 Å². The van der Waals surface area contributed by atoms with Crippen LogP contribution in [0.15, 0.2) is 18.2 Å². The number of hydrogen-bond acceptors (Lipinski definition) is 4. The third kappa shape index (κ3) is 2.87. The number of benzene rings is 1. The lowest BCUT2D eigenvalue weighted by atomic mass is 10.0. The van der Waals surface area contributed by atoms with Crippen molar-refractivity contribution < 1.29 is 10.2 Å². The van der Waals surface area contributed by atoms with Crippen molar-refractivity contribution in [3.05, 3.63) is 23.8 Å². The molecule has 0 aliphatic heterocycles. The van der Waals surface area contributed by atoms with Gasteiger partial charge in [-0.05, 0) is 39.1 Å². The van der Waals surface area contributed by atoms with Crippen LogP contribution in [0.3, 0.4) is 0 Å². The summed E-state index contributed by atoms with van der Waals surface area (Å²) in [7, 11) is 1.90. The molecule has 16 heavy (non-hydrogen) atoms.